The maximum atomic E-state index is 11.1. The number of carbonyl (C=O) groups excluding carboxylic acids is 1. The second-order valence-corrected chi connectivity index (χ2v) is 5.91. The van der Waals surface area contributed by atoms with Gasteiger partial charge in [0.05, 0.1) is 13.1 Å². The standard InChI is InChI=1S/C19H26N4O2.HI/c1-3-4-11-21-19(22-12-15-7-5-14(2)6-8-15)23-13-16-9-10-17(25-16)18(20)24;/h5-10H,3-4,11-13H2,1-2H3,(H2,20,24)(H2,21,22,23);1H. The number of rotatable bonds is 8. The number of halogens is 1. The van der Waals surface area contributed by atoms with Crippen LogP contribution in [0.2, 0.25) is 0 Å². The van der Waals surface area contributed by atoms with Gasteiger partial charge in [-0.25, -0.2) is 4.99 Å². The summed E-state index contributed by atoms with van der Waals surface area (Å²) in [6.45, 7) is 6.08. The Labute approximate surface area is 171 Å². The van der Waals surface area contributed by atoms with Gasteiger partial charge in [0.25, 0.3) is 5.91 Å². The fourth-order valence-corrected chi connectivity index (χ4v) is 2.20. The van der Waals surface area contributed by atoms with Crippen molar-refractivity contribution in [2.24, 2.45) is 10.7 Å². The number of benzene rings is 1. The van der Waals surface area contributed by atoms with E-state index in [4.69, 9.17) is 10.2 Å². The predicted octanol–water partition coefficient (Wildman–Crippen LogP) is 3.34. The van der Waals surface area contributed by atoms with Crippen LogP contribution in [-0.4, -0.2) is 18.4 Å². The van der Waals surface area contributed by atoms with Crippen LogP contribution in [0.5, 0.6) is 0 Å². The van der Waals surface area contributed by atoms with E-state index in [1.54, 1.807) is 12.1 Å². The second kappa shape index (κ2) is 11.6. The van der Waals surface area contributed by atoms with E-state index in [-0.39, 0.29) is 29.7 Å². The number of carbonyl (C=O) groups is 1. The summed E-state index contributed by atoms with van der Waals surface area (Å²) in [6, 6.07) is 11.6. The average molecular weight is 470 g/mol. The van der Waals surface area contributed by atoms with Gasteiger partial charge in [-0.05, 0) is 31.0 Å². The minimum Gasteiger partial charge on any atom is -0.454 e. The second-order valence-electron chi connectivity index (χ2n) is 5.91. The van der Waals surface area contributed by atoms with Gasteiger partial charge in [-0.3, -0.25) is 4.79 Å². The van der Waals surface area contributed by atoms with Gasteiger partial charge in [-0.1, -0.05) is 43.2 Å². The van der Waals surface area contributed by atoms with E-state index in [9.17, 15) is 4.79 Å². The molecule has 2 rings (SSSR count). The Kier molecular flexibility index (Phi) is 9.79. The molecule has 1 aromatic carbocycles. The summed E-state index contributed by atoms with van der Waals surface area (Å²) in [5.74, 6) is 0.939. The van der Waals surface area contributed by atoms with Crippen molar-refractivity contribution < 1.29 is 9.21 Å². The van der Waals surface area contributed by atoms with Crippen LogP contribution < -0.4 is 16.4 Å². The van der Waals surface area contributed by atoms with Crippen molar-refractivity contribution in [2.45, 2.75) is 39.8 Å². The molecule has 7 heteroatoms. The molecule has 0 aliphatic rings. The van der Waals surface area contributed by atoms with E-state index in [2.05, 4.69) is 53.7 Å². The molecule has 26 heavy (non-hydrogen) atoms. The van der Waals surface area contributed by atoms with Crippen LogP contribution in [0.4, 0.5) is 0 Å². The van der Waals surface area contributed by atoms with Crippen LogP contribution >= 0.6 is 24.0 Å². The van der Waals surface area contributed by atoms with Gasteiger partial charge >= 0.3 is 0 Å². The van der Waals surface area contributed by atoms with Crippen molar-refractivity contribution in [3.8, 4) is 0 Å². The van der Waals surface area contributed by atoms with Gasteiger partial charge < -0.3 is 20.8 Å². The van der Waals surface area contributed by atoms with Crippen molar-refractivity contribution in [3.05, 3.63) is 59.0 Å². The molecule has 0 saturated heterocycles. The number of nitrogens with two attached hydrogens (primary N) is 1. The molecular formula is C19H27IN4O2. The first-order valence-electron chi connectivity index (χ1n) is 8.54. The molecule has 6 nitrogen and oxygen atoms in total. The Bertz CT molecular complexity index is 711. The average Bonchev–Trinajstić information content (AvgIpc) is 3.08. The summed E-state index contributed by atoms with van der Waals surface area (Å²) >= 11 is 0. The van der Waals surface area contributed by atoms with Crippen LogP contribution in [0.1, 0.15) is 47.2 Å². The number of aliphatic imine (C=N–C) groups is 1. The van der Waals surface area contributed by atoms with E-state index in [0.717, 1.165) is 24.9 Å². The van der Waals surface area contributed by atoms with Crippen molar-refractivity contribution in [1.82, 2.24) is 10.6 Å². The van der Waals surface area contributed by atoms with Crippen LogP contribution in [0.15, 0.2) is 45.8 Å². The number of guanidine groups is 1. The zero-order valence-electron chi connectivity index (χ0n) is 15.2. The highest BCUT2D eigenvalue weighted by Gasteiger charge is 2.07. The Hall–Kier alpha value is -2.03. The number of aryl methyl sites for hydroxylation is 1. The molecule has 0 bridgehead atoms. The van der Waals surface area contributed by atoms with Crippen LogP contribution in [0.3, 0.4) is 0 Å². The lowest BCUT2D eigenvalue weighted by Crippen LogP contribution is -2.37. The number of primary amides is 1. The van der Waals surface area contributed by atoms with Crippen molar-refractivity contribution in [3.63, 3.8) is 0 Å². The number of hydrogen-bond acceptors (Lipinski definition) is 3. The number of unbranched alkanes of at least 4 members (excludes halogenated alkanes) is 1. The van der Waals surface area contributed by atoms with Crippen molar-refractivity contribution in [2.75, 3.05) is 6.54 Å². The number of amides is 1. The minimum absolute atomic E-state index is 0. The topological polar surface area (TPSA) is 92.6 Å². The molecule has 0 aliphatic carbocycles. The van der Waals surface area contributed by atoms with E-state index < -0.39 is 5.91 Å². The molecule has 1 aromatic heterocycles. The number of hydrogen-bond donors (Lipinski definition) is 3. The fraction of sp³-hybridized carbons (Fsp3) is 0.368. The molecule has 1 amide bonds. The highest BCUT2D eigenvalue weighted by molar-refractivity contribution is 14.0. The van der Waals surface area contributed by atoms with Crippen LogP contribution in [0.25, 0.3) is 0 Å². The predicted molar refractivity (Wildman–Crippen MR) is 115 cm³/mol. The highest BCUT2D eigenvalue weighted by Crippen LogP contribution is 2.07. The largest absolute Gasteiger partial charge is 0.454 e. The quantitative estimate of drug-likeness (QED) is 0.239. The summed E-state index contributed by atoms with van der Waals surface area (Å²) in [6.07, 6.45) is 2.18. The number of nitrogens with one attached hydrogen (secondary N) is 2. The molecule has 0 aliphatic heterocycles. The van der Waals surface area contributed by atoms with E-state index in [1.807, 2.05) is 0 Å². The summed E-state index contributed by atoms with van der Waals surface area (Å²) in [5, 5.41) is 6.53. The summed E-state index contributed by atoms with van der Waals surface area (Å²) in [7, 11) is 0. The monoisotopic (exact) mass is 470 g/mol. The van der Waals surface area contributed by atoms with Crippen molar-refractivity contribution in [1.29, 1.82) is 0 Å². The zero-order chi connectivity index (χ0) is 18.1. The Balaban J connectivity index is 0.00000338. The molecule has 142 valence electrons. The minimum atomic E-state index is -0.569. The van der Waals surface area contributed by atoms with Gasteiger partial charge in [0, 0.05) is 6.54 Å². The highest BCUT2D eigenvalue weighted by atomic mass is 127. The Morgan fingerprint density at radius 3 is 2.50 bits per heavy atom. The third kappa shape index (κ3) is 7.47. The van der Waals surface area contributed by atoms with E-state index in [1.165, 1.54) is 5.56 Å². The molecule has 0 unspecified atom stereocenters. The molecule has 0 fully saturated rings. The maximum absolute atomic E-state index is 11.1. The molecule has 4 N–H and O–H groups in total. The molecule has 0 radical (unpaired) electrons. The third-order valence-corrected chi connectivity index (χ3v) is 3.70. The molecule has 0 spiro atoms. The van der Waals surface area contributed by atoms with Gasteiger partial charge in [0.15, 0.2) is 11.7 Å². The summed E-state index contributed by atoms with van der Waals surface area (Å²) in [4.78, 5) is 15.7. The van der Waals surface area contributed by atoms with Gasteiger partial charge in [0.1, 0.15) is 5.76 Å². The molecule has 0 saturated carbocycles. The van der Waals surface area contributed by atoms with Gasteiger partial charge in [-0.2, -0.15) is 0 Å². The Morgan fingerprint density at radius 2 is 1.88 bits per heavy atom. The Morgan fingerprint density at radius 1 is 1.15 bits per heavy atom. The zero-order valence-corrected chi connectivity index (χ0v) is 17.6. The first-order valence-corrected chi connectivity index (χ1v) is 8.54. The van der Waals surface area contributed by atoms with Gasteiger partial charge in [-0.15, -0.1) is 24.0 Å². The fourth-order valence-electron chi connectivity index (χ4n) is 2.20. The number of nitrogens with zero attached hydrogens (tertiary/aromatic N) is 1. The van der Waals surface area contributed by atoms with Crippen LogP contribution in [0, 0.1) is 6.92 Å². The van der Waals surface area contributed by atoms with E-state index in [0.29, 0.717) is 24.8 Å². The first-order chi connectivity index (χ1) is 12.1. The lowest BCUT2D eigenvalue weighted by atomic mass is 10.1. The molecular weight excluding hydrogens is 443 g/mol. The van der Waals surface area contributed by atoms with Crippen molar-refractivity contribution >= 4 is 35.8 Å². The SMILES string of the molecule is CCCCNC(=NCc1ccc(C)cc1)NCc1ccc(C(N)=O)o1.I. The summed E-state index contributed by atoms with van der Waals surface area (Å²) in [5.41, 5.74) is 7.58. The lowest BCUT2D eigenvalue weighted by Gasteiger charge is -2.11. The normalized spacial score (nSPS) is 10.9. The summed E-state index contributed by atoms with van der Waals surface area (Å²) < 4.78 is 5.38. The number of furan rings is 1. The molecule has 2 aromatic rings. The maximum Gasteiger partial charge on any atom is 0.284 e. The van der Waals surface area contributed by atoms with Crippen LogP contribution in [-0.2, 0) is 13.1 Å². The smallest absolute Gasteiger partial charge is 0.284 e. The first kappa shape index (κ1) is 22.0. The van der Waals surface area contributed by atoms with E-state index >= 15 is 0 Å². The third-order valence-electron chi connectivity index (χ3n) is 3.70. The molecule has 0 atom stereocenters. The van der Waals surface area contributed by atoms with Gasteiger partial charge in [0.2, 0.25) is 0 Å². The lowest BCUT2D eigenvalue weighted by molar-refractivity contribution is 0.0972. The molecule has 1 heterocycles.